The highest BCUT2D eigenvalue weighted by molar-refractivity contribution is 6.94. The summed E-state index contributed by atoms with van der Waals surface area (Å²) in [5, 5.41) is 0. The Hall–Kier alpha value is -13.9. The van der Waals surface area contributed by atoms with Gasteiger partial charge in [-0.15, -0.1) is 0 Å². The number of nitrogens with zero attached hydrogens (tertiary/aromatic N) is 4. The average Bonchev–Trinajstić information content (AvgIpc) is 1.30. The molecule has 3 aliphatic carbocycles. The standard InChI is InChI=1S/C120H94B2N4/c1-115(2)62-64-117(5,6)101-73-107-89(71-99(101)115)92-68-82(70-110-111(92)121(125(107)85-40-19-12-20-41-85)104-51-31-49-98-114(104)124(110)106-53-28-26-47-96(106)120(98)93-44-23-21-42-87(93)88-43-22-24-45-94(88)120)78-56-54-76(55-57-78)79-34-29-35-80(66-79)77-58-60-86(61-59-77)126-108-74-102-100(116(3,4)63-65-118(102,7)8)72-90(108)91-67-81(75-32-13-9-14-33-75)69-109-112(91)122(126)103-50-30-48-97-113(103)123(109)105-52-27-25-46-95(105)119(97,83-36-15-10-16-37-83)84-38-17-11-18-39-84/h9-61,66-74H,62-65H2,1-8H3. The Balaban J connectivity index is 0.627. The van der Waals surface area contributed by atoms with Gasteiger partial charge in [0.1, 0.15) is 0 Å². The maximum atomic E-state index is 2.76. The van der Waals surface area contributed by atoms with Crippen LogP contribution >= 0.6 is 0 Å². The summed E-state index contributed by atoms with van der Waals surface area (Å²) in [6.07, 6.45) is 4.50. The first-order valence-corrected chi connectivity index (χ1v) is 45.6. The lowest BCUT2D eigenvalue weighted by Crippen LogP contribution is -2.63. The van der Waals surface area contributed by atoms with Crippen LogP contribution in [0.25, 0.3) is 77.9 Å². The summed E-state index contributed by atoms with van der Waals surface area (Å²) in [4.78, 5) is 10.9. The molecule has 0 saturated heterocycles. The summed E-state index contributed by atoms with van der Waals surface area (Å²) in [5.74, 6) is 0. The van der Waals surface area contributed by atoms with Crippen molar-refractivity contribution >= 4 is 92.4 Å². The van der Waals surface area contributed by atoms with Crippen LogP contribution in [-0.2, 0) is 32.5 Å². The number of hydrogen-bond acceptors (Lipinski definition) is 4. The molecule has 9 aliphatic rings. The van der Waals surface area contributed by atoms with E-state index in [0.29, 0.717) is 0 Å². The summed E-state index contributed by atoms with van der Waals surface area (Å²) in [6.45, 7) is 19.5. The van der Waals surface area contributed by atoms with Crippen LogP contribution < -0.4 is 41.3 Å². The molecular weight excluding hydrogens is 1520 g/mol. The molecule has 0 atom stereocenters. The van der Waals surface area contributed by atoms with Gasteiger partial charge in [0.05, 0.1) is 22.2 Å². The minimum atomic E-state index is -0.649. The van der Waals surface area contributed by atoms with Crippen molar-refractivity contribution in [3.63, 3.8) is 0 Å². The van der Waals surface area contributed by atoms with Gasteiger partial charge in [0, 0.05) is 56.6 Å². The zero-order valence-corrected chi connectivity index (χ0v) is 72.6. The van der Waals surface area contributed by atoms with Gasteiger partial charge < -0.3 is 19.4 Å². The van der Waals surface area contributed by atoms with Gasteiger partial charge in [-0.2, -0.15) is 0 Å². The van der Waals surface area contributed by atoms with Crippen molar-refractivity contribution in [1.82, 2.24) is 0 Å². The van der Waals surface area contributed by atoms with Gasteiger partial charge in [-0.25, -0.2) is 0 Å². The molecule has 0 saturated carbocycles. The first kappa shape index (κ1) is 73.6. The van der Waals surface area contributed by atoms with Crippen LogP contribution in [-0.4, -0.2) is 13.7 Å². The van der Waals surface area contributed by atoms with Crippen molar-refractivity contribution in [3.8, 4) is 77.9 Å². The van der Waals surface area contributed by atoms with Gasteiger partial charge in [-0.3, -0.25) is 0 Å². The largest absolute Gasteiger partial charge is 0.376 e. The Morgan fingerprint density at radius 1 is 0.206 bits per heavy atom. The van der Waals surface area contributed by atoms with E-state index in [1.165, 1.54) is 218 Å². The second-order valence-corrected chi connectivity index (χ2v) is 39.7. The molecule has 4 nitrogen and oxygen atoms in total. The zero-order valence-electron chi connectivity index (χ0n) is 72.6. The molecule has 0 unspecified atom stereocenters. The number of anilines is 10. The van der Waals surface area contributed by atoms with E-state index >= 15 is 0 Å². The summed E-state index contributed by atoms with van der Waals surface area (Å²) >= 11 is 0. The monoisotopic (exact) mass is 1610 g/mol. The molecule has 6 heteroatoms. The third-order valence-corrected chi connectivity index (χ3v) is 31.4. The Labute approximate surface area is 741 Å². The van der Waals surface area contributed by atoms with Crippen LogP contribution in [0.3, 0.4) is 0 Å². The molecule has 0 aromatic heterocycles. The molecule has 17 aromatic carbocycles. The fourth-order valence-electron chi connectivity index (χ4n) is 25.2. The van der Waals surface area contributed by atoms with E-state index in [9.17, 15) is 0 Å². The predicted octanol–water partition coefficient (Wildman–Crippen LogP) is 27.8. The van der Waals surface area contributed by atoms with E-state index < -0.39 is 10.8 Å². The average molecular weight is 1610 g/mol. The molecule has 6 heterocycles. The Bertz CT molecular complexity index is 7400. The minimum Gasteiger partial charge on any atom is -0.376 e. The molecule has 0 amide bonds. The Kier molecular flexibility index (Phi) is 15.4. The van der Waals surface area contributed by atoms with Crippen molar-refractivity contribution < 1.29 is 0 Å². The maximum absolute atomic E-state index is 2.76. The second-order valence-electron chi connectivity index (χ2n) is 39.7. The summed E-state index contributed by atoms with van der Waals surface area (Å²) < 4.78 is 0. The fraction of sp³-hybridized carbons (Fsp3) is 0.150. The molecule has 6 aliphatic heterocycles. The van der Waals surface area contributed by atoms with Gasteiger partial charge in [-0.1, -0.05) is 341 Å². The van der Waals surface area contributed by atoms with Crippen LogP contribution in [0.2, 0.25) is 0 Å². The highest BCUT2D eigenvalue weighted by Crippen LogP contribution is 2.67. The zero-order chi connectivity index (χ0) is 84.2. The molecule has 26 rings (SSSR count). The molecule has 0 N–H and O–H groups in total. The summed E-state index contributed by atoms with van der Waals surface area (Å²) in [7, 11) is 0. The smallest absolute Gasteiger partial charge is 0.333 e. The molecule has 1 spiro atoms. The predicted molar refractivity (Wildman–Crippen MR) is 529 cm³/mol. The Morgan fingerprint density at radius 2 is 0.540 bits per heavy atom. The maximum Gasteiger partial charge on any atom is 0.333 e. The molecule has 17 aromatic rings. The first-order valence-electron chi connectivity index (χ1n) is 45.6. The van der Waals surface area contributed by atoms with Crippen molar-refractivity contribution in [2.24, 2.45) is 0 Å². The quantitative estimate of drug-likeness (QED) is 0.141. The molecule has 0 fully saturated rings. The normalized spacial score (nSPS) is 16.9. The van der Waals surface area contributed by atoms with Crippen LogP contribution in [0.4, 0.5) is 56.9 Å². The summed E-state index contributed by atoms with van der Waals surface area (Å²) in [6, 6.07) is 146. The summed E-state index contributed by atoms with van der Waals surface area (Å²) in [5.41, 5.74) is 49.8. The molecule has 0 radical (unpaired) electrons. The third kappa shape index (κ3) is 9.99. The number of benzene rings is 17. The highest BCUT2D eigenvalue weighted by Gasteiger charge is 2.58. The van der Waals surface area contributed by atoms with Crippen molar-refractivity contribution in [1.29, 1.82) is 0 Å². The van der Waals surface area contributed by atoms with Gasteiger partial charge >= 0.3 is 13.7 Å². The molecule has 0 bridgehead atoms. The van der Waals surface area contributed by atoms with E-state index in [2.05, 4.69) is 451 Å². The van der Waals surface area contributed by atoms with Crippen LogP contribution in [0.1, 0.15) is 148 Å². The highest BCUT2D eigenvalue weighted by atomic mass is 15.2. The lowest BCUT2D eigenvalue weighted by Gasteiger charge is -2.52. The lowest BCUT2D eigenvalue weighted by atomic mass is 9.42. The van der Waals surface area contributed by atoms with Crippen molar-refractivity contribution in [3.05, 3.63) is 443 Å². The van der Waals surface area contributed by atoms with E-state index in [-0.39, 0.29) is 35.4 Å². The molecular formula is C120H94B2N4. The van der Waals surface area contributed by atoms with Gasteiger partial charge in [-0.05, 0) is 294 Å². The third-order valence-electron chi connectivity index (χ3n) is 31.4. The van der Waals surface area contributed by atoms with E-state index in [4.69, 9.17) is 0 Å². The van der Waals surface area contributed by atoms with Crippen molar-refractivity contribution in [2.75, 3.05) is 19.4 Å². The number of rotatable bonds is 8. The SMILES string of the molecule is CC1(C)CCC(C)(C)c2cc3c(cc21)-c1cc(-c2ccccc2)cc2c1B(c1cccc4c1N2c1ccccc1C4(c1ccccc1)c1ccccc1)N3c1ccc(-c2cccc(-c3ccc(-c4cc5c6c(c4)N4c7ccccc7C7(c8ccccc8-c8ccccc87)c7cccc(c74)B6N(c4ccccc4)c4cc6c(cc4-5)C(C)(C)CCC6(C)C)cc3)c2)cc1. The Morgan fingerprint density at radius 3 is 1.00 bits per heavy atom. The van der Waals surface area contributed by atoms with E-state index in [1.54, 1.807) is 0 Å². The minimum absolute atomic E-state index is 0.0137. The van der Waals surface area contributed by atoms with Crippen molar-refractivity contribution in [2.45, 2.75) is 114 Å². The number of para-hydroxylation sites is 5. The molecule has 600 valence electrons. The van der Waals surface area contributed by atoms with Gasteiger partial charge in [0.15, 0.2) is 0 Å². The van der Waals surface area contributed by atoms with Crippen LogP contribution in [0.5, 0.6) is 0 Å². The fourth-order valence-corrected chi connectivity index (χ4v) is 25.2. The van der Waals surface area contributed by atoms with Crippen LogP contribution in [0, 0.1) is 0 Å². The van der Waals surface area contributed by atoms with Gasteiger partial charge in [0.25, 0.3) is 0 Å². The number of hydrogen-bond donors (Lipinski definition) is 0. The lowest BCUT2D eigenvalue weighted by molar-refractivity contribution is 0.332. The first-order chi connectivity index (χ1) is 61.5. The second kappa shape index (κ2) is 26.3. The number of fused-ring (bicyclic) bond motifs is 21. The van der Waals surface area contributed by atoms with Gasteiger partial charge in [0.2, 0.25) is 0 Å². The van der Waals surface area contributed by atoms with E-state index in [1.807, 2.05) is 0 Å². The topological polar surface area (TPSA) is 13.0 Å². The van der Waals surface area contributed by atoms with Crippen LogP contribution in [0.15, 0.2) is 376 Å². The van der Waals surface area contributed by atoms with E-state index in [0.717, 1.165) is 31.4 Å². The molecule has 126 heavy (non-hydrogen) atoms.